The van der Waals surface area contributed by atoms with Crippen LogP contribution in [0.15, 0.2) is 54.6 Å². The highest BCUT2D eigenvalue weighted by Crippen LogP contribution is 2.22. The number of aryl methyl sites for hydroxylation is 1. The van der Waals surface area contributed by atoms with Crippen molar-refractivity contribution >= 4 is 11.8 Å². The number of halogens is 1. The zero-order chi connectivity index (χ0) is 17.0. The minimum absolute atomic E-state index is 0.0427. The van der Waals surface area contributed by atoms with Crippen LogP contribution in [0.25, 0.3) is 6.08 Å². The Morgan fingerprint density at radius 3 is 2.35 bits per heavy atom. The monoisotopic (exact) mass is 309 g/mol. The lowest BCUT2D eigenvalue weighted by Crippen LogP contribution is -2.09. The molecule has 0 radical (unpaired) electrons. The third kappa shape index (κ3) is 4.88. The number of hydrogen-bond acceptors (Lipinski definition) is 1. The van der Waals surface area contributed by atoms with E-state index < -0.39 is 5.67 Å². The van der Waals surface area contributed by atoms with Crippen molar-refractivity contribution in [3.05, 3.63) is 76.9 Å². The lowest BCUT2D eigenvalue weighted by Gasteiger charge is -2.15. The van der Waals surface area contributed by atoms with Crippen molar-refractivity contribution in [1.82, 2.24) is 0 Å². The average Bonchev–Trinajstić information content (AvgIpc) is 2.51. The fraction of sp³-hybridized carbons (Fsp3) is 0.286. The molecule has 1 atom stereocenters. The van der Waals surface area contributed by atoms with Crippen molar-refractivity contribution < 1.29 is 4.39 Å². The van der Waals surface area contributed by atoms with E-state index in [0.29, 0.717) is 5.71 Å². The molecule has 0 spiro atoms. The third-order valence-electron chi connectivity index (χ3n) is 3.87. The summed E-state index contributed by atoms with van der Waals surface area (Å²) in [4.78, 5) is 0. The molecule has 0 saturated heterocycles. The fourth-order valence-corrected chi connectivity index (χ4v) is 2.42. The predicted octanol–water partition coefficient (Wildman–Crippen LogP) is 5.93. The zero-order valence-electron chi connectivity index (χ0n) is 14.2. The van der Waals surface area contributed by atoms with Gasteiger partial charge in [-0.05, 0) is 43.5 Å². The van der Waals surface area contributed by atoms with Gasteiger partial charge in [-0.3, -0.25) is 0 Å². The lowest BCUT2D eigenvalue weighted by molar-refractivity contribution is 0.288. The van der Waals surface area contributed by atoms with Crippen molar-refractivity contribution in [3.8, 4) is 0 Å². The lowest BCUT2D eigenvalue weighted by atomic mass is 9.90. The Morgan fingerprint density at radius 2 is 1.78 bits per heavy atom. The number of rotatable bonds is 5. The molecule has 1 unspecified atom stereocenters. The van der Waals surface area contributed by atoms with Crippen molar-refractivity contribution in [3.63, 3.8) is 0 Å². The molecular formula is C21H24FN. The Kier molecular flexibility index (Phi) is 5.15. The van der Waals surface area contributed by atoms with Gasteiger partial charge in [-0.1, -0.05) is 67.1 Å². The number of alkyl halides is 1. The molecule has 120 valence electrons. The number of allylic oxidation sites excluding steroid dienone is 1. The third-order valence-corrected chi connectivity index (χ3v) is 3.87. The Hall–Kier alpha value is -2.22. The fourth-order valence-electron chi connectivity index (χ4n) is 2.42. The Bertz CT molecular complexity index is 705. The molecule has 1 N–H and O–H groups in total. The second kappa shape index (κ2) is 6.91. The van der Waals surface area contributed by atoms with Crippen molar-refractivity contribution in [2.75, 3.05) is 0 Å². The Morgan fingerprint density at radius 1 is 1.13 bits per heavy atom. The molecule has 2 heteroatoms. The molecule has 23 heavy (non-hydrogen) atoms. The quantitative estimate of drug-likeness (QED) is 0.662. The maximum absolute atomic E-state index is 13.5. The molecule has 0 aliphatic heterocycles. The van der Waals surface area contributed by atoms with Gasteiger partial charge >= 0.3 is 0 Å². The van der Waals surface area contributed by atoms with Gasteiger partial charge in [-0.15, -0.1) is 0 Å². The highest BCUT2D eigenvalue weighted by Gasteiger charge is 2.13. The summed E-state index contributed by atoms with van der Waals surface area (Å²) >= 11 is 0. The molecule has 0 bridgehead atoms. The van der Waals surface area contributed by atoms with E-state index in [4.69, 9.17) is 5.41 Å². The van der Waals surface area contributed by atoms with Crippen LogP contribution in [-0.4, -0.2) is 11.4 Å². The maximum atomic E-state index is 13.5. The number of benzene rings is 2. The highest BCUT2D eigenvalue weighted by molar-refractivity contribution is 6.02. The topological polar surface area (TPSA) is 23.9 Å². The largest absolute Gasteiger partial charge is 0.304 e. The molecule has 2 rings (SSSR count). The first-order valence-corrected chi connectivity index (χ1v) is 7.90. The molecule has 0 aliphatic rings. The van der Waals surface area contributed by atoms with E-state index in [1.807, 2.05) is 30.3 Å². The second-order valence-corrected chi connectivity index (χ2v) is 6.57. The number of nitrogens with one attached hydrogen (secondary N) is 1. The predicted molar refractivity (Wildman–Crippen MR) is 97.1 cm³/mol. The van der Waals surface area contributed by atoms with Gasteiger partial charge in [0.25, 0.3) is 0 Å². The van der Waals surface area contributed by atoms with Gasteiger partial charge in [0.1, 0.15) is 5.67 Å². The summed E-state index contributed by atoms with van der Waals surface area (Å²) in [6.07, 6.45) is 3.32. The van der Waals surface area contributed by atoms with Crippen LogP contribution in [0.3, 0.4) is 0 Å². The van der Waals surface area contributed by atoms with Crippen LogP contribution in [0.1, 0.15) is 48.9 Å². The summed E-state index contributed by atoms with van der Waals surface area (Å²) in [5, 5.41) is 8.44. The first kappa shape index (κ1) is 17.1. The molecule has 1 nitrogen and oxygen atoms in total. The van der Waals surface area contributed by atoms with Gasteiger partial charge in [0.15, 0.2) is 0 Å². The van der Waals surface area contributed by atoms with Crippen LogP contribution in [0.5, 0.6) is 0 Å². The summed E-state index contributed by atoms with van der Waals surface area (Å²) in [5.74, 6) is 0.0427. The van der Waals surface area contributed by atoms with Gasteiger partial charge in [-0.2, -0.15) is 0 Å². The van der Waals surface area contributed by atoms with Crippen LogP contribution >= 0.6 is 0 Å². The van der Waals surface area contributed by atoms with E-state index in [2.05, 4.69) is 32.0 Å². The van der Waals surface area contributed by atoms with Crippen LogP contribution in [0.2, 0.25) is 0 Å². The summed E-state index contributed by atoms with van der Waals surface area (Å²) in [5.41, 5.74) is 3.48. The van der Waals surface area contributed by atoms with Crippen molar-refractivity contribution in [1.29, 1.82) is 5.41 Å². The van der Waals surface area contributed by atoms with E-state index >= 15 is 0 Å². The Labute approximate surface area is 138 Å². The minimum Gasteiger partial charge on any atom is -0.304 e. The first-order valence-electron chi connectivity index (χ1n) is 7.90. The van der Waals surface area contributed by atoms with E-state index in [1.54, 1.807) is 12.2 Å². The van der Waals surface area contributed by atoms with E-state index in [9.17, 15) is 4.39 Å². The molecule has 2 aromatic rings. The van der Waals surface area contributed by atoms with Crippen LogP contribution < -0.4 is 0 Å². The van der Waals surface area contributed by atoms with Crippen molar-refractivity contribution in [2.45, 2.75) is 39.3 Å². The van der Waals surface area contributed by atoms with Gasteiger partial charge in [0, 0.05) is 11.6 Å². The molecule has 0 saturated carbocycles. The van der Waals surface area contributed by atoms with Crippen LogP contribution in [0, 0.1) is 12.3 Å². The molecular weight excluding hydrogens is 285 g/mol. The summed E-state index contributed by atoms with van der Waals surface area (Å²) in [6.45, 7) is 7.16. The van der Waals surface area contributed by atoms with Gasteiger partial charge < -0.3 is 5.41 Å². The maximum Gasteiger partial charge on any atom is 0.123 e. The zero-order valence-corrected chi connectivity index (χ0v) is 14.2. The standard InChI is InChI=1S/C21H24FN/c1-15-6-5-7-19(14-15)16(2)20(23)18-10-8-17(9-11-18)12-13-21(3,4)22/h5-14,16,23H,1-4H3/b13-12+,23-20?. The average molecular weight is 309 g/mol. The normalized spacial score (nSPS) is 13.3. The minimum atomic E-state index is -1.31. The van der Waals surface area contributed by atoms with Gasteiger partial charge in [-0.25, -0.2) is 4.39 Å². The molecule has 0 aliphatic carbocycles. The molecule has 2 aromatic carbocycles. The van der Waals surface area contributed by atoms with Crippen molar-refractivity contribution in [2.24, 2.45) is 0 Å². The summed E-state index contributed by atoms with van der Waals surface area (Å²) < 4.78 is 13.5. The van der Waals surface area contributed by atoms with E-state index in [-0.39, 0.29) is 5.92 Å². The molecule has 0 fully saturated rings. The summed E-state index contributed by atoms with van der Waals surface area (Å²) in [6, 6.07) is 16.0. The molecule has 0 amide bonds. The van der Waals surface area contributed by atoms with Crippen LogP contribution in [-0.2, 0) is 0 Å². The molecule has 0 aromatic heterocycles. The second-order valence-electron chi connectivity index (χ2n) is 6.57. The molecule has 0 heterocycles. The Balaban J connectivity index is 2.15. The smallest absolute Gasteiger partial charge is 0.123 e. The van der Waals surface area contributed by atoms with E-state index in [1.165, 1.54) is 19.4 Å². The van der Waals surface area contributed by atoms with Gasteiger partial charge in [0.2, 0.25) is 0 Å². The summed E-state index contributed by atoms with van der Waals surface area (Å²) in [7, 11) is 0. The van der Waals surface area contributed by atoms with E-state index in [0.717, 1.165) is 16.7 Å². The first-order chi connectivity index (χ1) is 10.8. The SMILES string of the molecule is Cc1cccc(C(C)C(=N)c2ccc(/C=C/C(C)(C)F)cc2)c1. The number of hydrogen-bond donors (Lipinski definition) is 1. The van der Waals surface area contributed by atoms with Gasteiger partial charge in [0.05, 0.1) is 0 Å². The van der Waals surface area contributed by atoms with Crippen LogP contribution in [0.4, 0.5) is 4.39 Å². The highest BCUT2D eigenvalue weighted by atomic mass is 19.1.